The minimum atomic E-state index is -4.42. The third-order valence-corrected chi connectivity index (χ3v) is 4.86. The van der Waals surface area contributed by atoms with Gasteiger partial charge < -0.3 is 10.2 Å². The van der Waals surface area contributed by atoms with Crippen LogP contribution >= 0.6 is 0 Å². The number of carbonyl (C=O) groups excluding carboxylic acids is 1. The highest BCUT2D eigenvalue weighted by Crippen LogP contribution is 2.36. The van der Waals surface area contributed by atoms with Crippen LogP contribution in [0.25, 0.3) is 0 Å². The molecular weight excluding hydrogens is 331 g/mol. The molecule has 0 atom stereocenters. The fourth-order valence-corrected chi connectivity index (χ4v) is 3.56. The number of hydrogen-bond donors (Lipinski definition) is 1. The molecule has 2 saturated heterocycles. The van der Waals surface area contributed by atoms with Crippen molar-refractivity contribution in [3.8, 4) is 0 Å². The molecule has 25 heavy (non-hydrogen) atoms. The van der Waals surface area contributed by atoms with E-state index in [-0.39, 0.29) is 18.1 Å². The second kappa shape index (κ2) is 7.64. The van der Waals surface area contributed by atoms with Crippen LogP contribution in [0.1, 0.15) is 37.7 Å². The van der Waals surface area contributed by atoms with Crippen LogP contribution in [0.3, 0.4) is 0 Å². The first-order valence-electron chi connectivity index (χ1n) is 8.92. The van der Waals surface area contributed by atoms with E-state index in [4.69, 9.17) is 0 Å². The Hall–Kier alpha value is -1.76. The summed E-state index contributed by atoms with van der Waals surface area (Å²) in [7, 11) is 0. The van der Waals surface area contributed by atoms with Crippen LogP contribution in [0.4, 0.5) is 24.5 Å². The molecule has 0 bridgehead atoms. The van der Waals surface area contributed by atoms with Gasteiger partial charge in [-0.2, -0.15) is 13.2 Å². The van der Waals surface area contributed by atoms with Crippen molar-refractivity contribution in [3.63, 3.8) is 0 Å². The summed E-state index contributed by atoms with van der Waals surface area (Å²) in [6, 6.07) is 3.64. The number of piperidine rings is 1. The summed E-state index contributed by atoms with van der Waals surface area (Å²) in [6.07, 6.45) is 0.874. The molecule has 138 valence electrons. The molecule has 1 N–H and O–H groups in total. The summed E-state index contributed by atoms with van der Waals surface area (Å²) in [5.74, 6) is -0.250. The fraction of sp³-hybridized carbons (Fsp3) is 0.611. The molecule has 2 aliphatic rings. The zero-order valence-corrected chi connectivity index (χ0v) is 14.2. The Bertz CT molecular complexity index is 606. The molecule has 0 radical (unpaired) electrons. The molecule has 0 saturated carbocycles. The topological polar surface area (TPSA) is 35.6 Å². The highest BCUT2D eigenvalue weighted by molar-refractivity contribution is 5.95. The van der Waals surface area contributed by atoms with Crippen molar-refractivity contribution in [2.75, 3.05) is 42.9 Å². The van der Waals surface area contributed by atoms with Gasteiger partial charge in [-0.05, 0) is 63.4 Å². The van der Waals surface area contributed by atoms with Gasteiger partial charge in [-0.25, -0.2) is 0 Å². The third kappa shape index (κ3) is 4.66. The van der Waals surface area contributed by atoms with Crippen molar-refractivity contribution < 1.29 is 18.0 Å². The Morgan fingerprint density at radius 3 is 2.28 bits per heavy atom. The zero-order chi connectivity index (χ0) is 17.9. The largest absolute Gasteiger partial charge is 0.416 e. The summed E-state index contributed by atoms with van der Waals surface area (Å²) < 4.78 is 39.2. The smallest absolute Gasteiger partial charge is 0.370 e. The number of carbonyl (C=O) groups is 1. The molecule has 2 fully saturated rings. The molecule has 1 amide bonds. The van der Waals surface area contributed by atoms with Crippen LogP contribution in [0.15, 0.2) is 18.2 Å². The van der Waals surface area contributed by atoms with E-state index in [0.717, 1.165) is 70.4 Å². The number of anilines is 2. The van der Waals surface area contributed by atoms with Crippen LogP contribution in [0.5, 0.6) is 0 Å². The number of hydrogen-bond acceptors (Lipinski definition) is 3. The third-order valence-electron chi connectivity index (χ3n) is 4.86. The highest BCUT2D eigenvalue weighted by atomic mass is 19.4. The number of halogens is 3. The number of rotatable bonds is 4. The van der Waals surface area contributed by atoms with Gasteiger partial charge in [-0.15, -0.1) is 0 Å². The Morgan fingerprint density at radius 1 is 1.00 bits per heavy atom. The summed E-state index contributed by atoms with van der Waals surface area (Å²) in [5, 5.41) is 2.72. The number of amides is 1. The standard InChI is InChI=1S/C18H24F3N3O/c19-18(20,21)14-6-7-16(24-10-2-1-3-11-24)15(12-14)22-17(25)13-23-8-4-5-9-23/h6-7,12H,1-5,8-11,13H2,(H,22,25). The van der Waals surface area contributed by atoms with E-state index < -0.39 is 11.7 Å². The number of nitrogens with one attached hydrogen (secondary N) is 1. The van der Waals surface area contributed by atoms with E-state index >= 15 is 0 Å². The van der Waals surface area contributed by atoms with E-state index in [9.17, 15) is 18.0 Å². The van der Waals surface area contributed by atoms with Gasteiger partial charge in [0.05, 0.1) is 23.5 Å². The highest BCUT2D eigenvalue weighted by Gasteiger charge is 2.32. The summed E-state index contributed by atoms with van der Waals surface area (Å²) in [4.78, 5) is 16.4. The average molecular weight is 355 g/mol. The van der Waals surface area contributed by atoms with Crippen LogP contribution in [0, 0.1) is 0 Å². The first kappa shape index (κ1) is 18.0. The minimum absolute atomic E-state index is 0.232. The van der Waals surface area contributed by atoms with E-state index in [1.165, 1.54) is 6.07 Å². The lowest BCUT2D eigenvalue weighted by atomic mass is 10.1. The SMILES string of the molecule is O=C(CN1CCCC1)Nc1cc(C(F)(F)F)ccc1N1CCCCC1. The molecule has 3 rings (SSSR count). The first-order chi connectivity index (χ1) is 11.9. The maximum absolute atomic E-state index is 13.1. The summed E-state index contributed by atoms with van der Waals surface area (Å²) >= 11 is 0. The summed E-state index contributed by atoms with van der Waals surface area (Å²) in [5.41, 5.74) is 0.216. The molecule has 0 unspecified atom stereocenters. The van der Waals surface area contributed by atoms with Crippen molar-refractivity contribution in [2.45, 2.75) is 38.3 Å². The number of nitrogens with zero attached hydrogens (tertiary/aromatic N) is 2. The number of alkyl halides is 3. The van der Waals surface area contributed by atoms with E-state index in [0.29, 0.717) is 5.69 Å². The van der Waals surface area contributed by atoms with E-state index in [1.807, 2.05) is 4.90 Å². The molecule has 0 aliphatic carbocycles. The van der Waals surface area contributed by atoms with Crippen LogP contribution < -0.4 is 10.2 Å². The van der Waals surface area contributed by atoms with Crippen molar-refractivity contribution in [2.24, 2.45) is 0 Å². The van der Waals surface area contributed by atoms with Gasteiger partial charge in [-0.3, -0.25) is 9.69 Å². The quantitative estimate of drug-likeness (QED) is 0.894. The number of likely N-dealkylation sites (tertiary alicyclic amines) is 1. The lowest BCUT2D eigenvalue weighted by Crippen LogP contribution is -2.33. The molecule has 0 aromatic heterocycles. The summed E-state index contributed by atoms with van der Waals surface area (Å²) in [6.45, 7) is 3.58. The normalized spacial score (nSPS) is 19.2. The van der Waals surface area contributed by atoms with Gasteiger partial charge in [0.25, 0.3) is 0 Å². The van der Waals surface area contributed by atoms with Gasteiger partial charge in [0, 0.05) is 13.1 Å². The van der Waals surface area contributed by atoms with Gasteiger partial charge in [0.15, 0.2) is 0 Å². The monoisotopic (exact) mass is 355 g/mol. The van der Waals surface area contributed by atoms with E-state index in [2.05, 4.69) is 10.2 Å². The minimum Gasteiger partial charge on any atom is -0.370 e. The van der Waals surface area contributed by atoms with Crippen LogP contribution in [-0.4, -0.2) is 43.5 Å². The maximum Gasteiger partial charge on any atom is 0.416 e. The van der Waals surface area contributed by atoms with Crippen LogP contribution in [0.2, 0.25) is 0 Å². The van der Waals surface area contributed by atoms with Gasteiger partial charge in [0.2, 0.25) is 5.91 Å². The fourth-order valence-electron chi connectivity index (χ4n) is 3.56. The van der Waals surface area contributed by atoms with Gasteiger partial charge in [0.1, 0.15) is 0 Å². The van der Waals surface area contributed by atoms with Crippen molar-refractivity contribution in [1.29, 1.82) is 0 Å². The Morgan fingerprint density at radius 2 is 1.64 bits per heavy atom. The van der Waals surface area contributed by atoms with Crippen molar-refractivity contribution >= 4 is 17.3 Å². The maximum atomic E-state index is 13.1. The van der Waals surface area contributed by atoms with Crippen molar-refractivity contribution in [1.82, 2.24) is 4.90 Å². The predicted octanol–water partition coefficient (Wildman–Crippen LogP) is 3.73. The second-order valence-electron chi connectivity index (χ2n) is 6.81. The lowest BCUT2D eigenvalue weighted by molar-refractivity contribution is -0.137. The predicted molar refractivity (Wildman–Crippen MR) is 91.8 cm³/mol. The van der Waals surface area contributed by atoms with Gasteiger partial charge >= 0.3 is 6.18 Å². The molecule has 4 nitrogen and oxygen atoms in total. The van der Waals surface area contributed by atoms with Gasteiger partial charge in [-0.1, -0.05) is 0 Å². The first-order valence-corrected chi connectivity index (χ1v) is 8.92. The van der Waals surface area contributed by atoms with Crippen LogP contribution in [-0.2, 0) is 11.0 Å². The molecule has 1 aromatic rings. The molecule has 2 aliphatic heterocycles. The Balaban J connectivity index is 1.80. The second-order valence-corrected chi connectivity index (χ2v) is 6.81. The van der Waals surface area contributed by atoms with E-state index in [1.54, 1.807) is 0 Å². The molecule has 2 heterocycles. The average Bonchev–Trinajstić information content (AvgIpc) is 3.07. The molecule has 7 heteroatoms. The lowest BCUT2D eigenvalue weighted by Gasteiger charge is -2.31. The Kier molecular flexibility index (Phi) is 5.51. The molecule has 0 spiro atoms. The van der Waals surface area contributed by atoms with Crippen molar-refractivity contribution in [3.05, 3.63) is 23.8 Å². The Labute approximate surface area is 146 Å². The zero-order valence-electron chi connectivity index (χ0n) is 14.2. The number of benzene rings is 1. The molecular formula is C18H24F3N3O. The molecule has 1 aromatic carbocycles.